The van der Waals surface area contributed by atoms with E-state index in [-0.39, 0.29) is 17.8 Å². The molecule has 1 saturated heterocycles. The number of aromatic nitrogens is 2. The Bertz CT molecular complexity index is 1040. The third-order valence-corrected chi connectivity index (χ3v) is 6.78. The second-order valence-corrected chi connectivity index (χ2v) is 9.28. The number of likely N-dealkylation sites (tertiary alicyclic amines) is 1. The molecule has 174 valence electrons. The van der Waals surface area contributed by atoms with Crippen molar-refractivity contribution < 1.29 is 9.18 Å². The van der Waals surface area contributed by atoms with Crippen molar-refractivity contribution in [2.45, 2.75) is 57.2 Å². The summed E-state index contributed by atoms with van der Waals surface area (Å²) in [5, 5.41) is 6.42. The number of anilines is 3. The van der Waals surface area contributed by atoms with Gasteiger partial charge in [0.25, 0.3) is 0 Å². The highest BCUT2D eigenvalue weighted by Gasteiger charge is 2.30. The first-order chi connectivity index (χ1) is 16.1. The van der Waals surface area contributed by atoms with Crippen molar-refractivity contribution in [3.63, 3.8) is 0 Å². The molecule has 2 fully saturated rings. The SMILES string of the molecule is C=CC(=O)N1CCC[C@@H](Nc2nc(Nc3ccc4c(c3)CN(C3CC3)CCC4)ncc2F)C1. The van der Waals surface area contributed by atoms with E-state index in [1.807, 2.05) is 6.07 Å². The van der Waals surface area contributed by atoms with Gasteiger partial charge >= 0.3 is 0 Å². The van der Waals surface area contributed by atoms with Gasteiger partial charge in [-0.1, -0.05) is 12.6 Å². The lowest BCUT2D eigenvalue weighted by Crippen LogP contribution is -2.44. The summed E-state index contributed by atoms with van der Waals surface area (Å²) < 4.78 is 14.5. The second kappa shape index (κ2) is 9.47. The Labute approximate surface area is 194 Å². The number of hydrogen-bond donors (Lipinski definition) is 2. The van der Waals surface area contributed by atoms with Crippen LogP contribution in [0.4, 0.5) is 21.8 Å². The Morgan fingerprint density at radius 2 is 2.06 bits per heavy atom. The third kappa shape index (κ3) is 5.16. The highest BCUT2D eigenvalue weighted by Crippen LogP contribution is 2.32. The first kappa shape index (κ1) is 21.8. The molecule has 2 aromatic rings. The number of hydrogen-bond acceptors (Lipinski definition) is 6. The zero-order valence-electron chi connectivity index (χ0n) is 18.9. The van der Waals surface area contributed by atoms with Gasteiger partial charge in [0, 0.05) is 37.4 Å². The minimum absolute atomic E-state index is 0.0687. The predicted molar refractivity (Wildman–Crippen MR) is 127 cm³/mol. The molecule has 33 heavy (non-hydrogen) atoms. The summed E-state index contributed by atoms with van der Waals surface area (Å²) in [5.74, 6) is -0.105. The summed E-state index contributed by atoms with van der Waals surface area (Å²) in [6.07, 6.45) is 9.12. The van der Waals surface area contributed by atoms with Crippen molar-refractivity contribution >= 4 is 23.4 Å². The topological polar surface area (TPSA) is 73.4 Å². The van der Waals surface area contributed by atoms with Crippen molar-refractivity contribution in [2.75, 3.05) is 30.3 Å². The lowest BCUT2D eigenvalue weighted by atomic mass is 10.0. The summed E-state index contributed by atoms with van der Waals surface area (Å²) in [5.41, 5.74) is 3.66. The van der Waals surface area contributed by atoms with Crippen LogP contribution in [0.1, 0.15) is 43.2 Å². The van der Waals surface area contributed by atoms with Gasteiger partial charge in [-0.2, -0.15) is 4.98 Å². The number of carbonyl (C=O) groups is 1. The van der Waals surface area contributed by atoms with Gasteiger partial charge in [-0.25, -0.2) is 9.37 Å². The van der Waals surface area contributed by atoms with Crippen LogP contribution in [0.3, 0.4) is 0 Å². The summed E-state index contributed by atoms with van der Waals surface area (Å²) >= 11 is 0. The average molecular weight is 451 g/mol. The van der Waals surface area contributed by atoms with Crippen molar-refractivity contribution in [3.8, 4) is 0 Å². The van der Waals surface area contributed by atoms with E-state index in [0.717, 1.165) is 44.1 Å². The number of amides is 1. The number of rotatable bonds is 6. The largest absolute Gasteiger partial charge is 0.363 e. The maximum atomic E-state index is 14.5. The van der Waals surface area contributed by atoms with E-state index in [2.05, 4.69) is 44.2 Å². The van der Waals surface area contributed by atoms with Gasteiger partial charge in [0.2, 0.25) is 11.9 Å². The molecule has 1 aromatic carbocycles. The standard InChI is InChI=1S/C25H31FN6O/c1-2-23(33)32-12-4-6-20(16-32)28-24-22(26)14-27-25(30-24)29-19-8-7-17-5-3-11-31(21-9-10-21)15-18(17)13-19/h2,7-8,13-14,20-21H,1,3-6,9-12,15-16H2,(H2,27,28,29,30)/t20-/m1/s1. The highest BCUT2D eigenvalue weighted by atomic mass is 19.1. The number of halogens is 1. The molecular formula is C25H31FN6O. The smallest absolute Gasteiger partial charge is 0.246 e. The van der Waals surface area contributed by atoms with Crippen molar-refractivity contribution in [1.29, 1.82) is 0 Å². The van der Waals surface area contributed by atoms with Gasteiger partial charge in [0.15, 0.2) is 11.6 Å². The Hall–Kier alpha value is -3.00. The molecule has 7 nitrogen and oxygen atoms in total. The van der Waals surface area contributed by atoms with Crippen molar-refractivity contribution in [3.05, 3.63) is 54.0 Å². The number of fused-ring (bicyclic) bond motifs is 1. The van der Waals surface area contributed by atoms with Gasteiger partial charge in [-0.3, -0.25) is 9.69 Å². The van der Waals surface area contributed by atoms with Crippen molar-refractivity contribution in [1.82, 2.24) is 19.8 Å². The number of piperidine rings is 1. The predicted octanol–water partition coefficient (Wildman–Crippen LogP) is 3.86. The maximum absolute atomic E-state index is 14.5. The first-order valence-electron chi connectivity index (χ1n) is 11.9. The molecule has 1 atom stereocenters. The van der Waals surface area contributed by atoms with Crippen LogP contribution in [-0.4, -0.2) is 57.4 Å². The minimum atomic E-state index is -0.505. The fourth-order valence-electron chi connectivity index (χ4n) is 4.89. The second-order valence-electron chi connectivity index (χ2n) is 9.28. The summed E-state index contributed by atoms with van der Waals surface area (Å²) in [7, 11) is 0. The molecule has 3 aliphatic rings. The molecule has 0 bridgehead atoms. The van der Waals surface area contributed by atoms with Gasteiger partial charge in [0.1, 0.15) is 0 Å². The van der Waals surface area contributed by atoms with Crippen LogP contribution < -0.4 is 10.6 Å². The Kier molecular flexibility index (Phi) is 6.26. The molecule has 2 N–H and O–H groups in total. The first-order valence-corrected chi connectivity index (χ1v) is 11.9. The van der Waals surface area contributed by atoms with E-state index < -0.39 is 5.82 Å². The van der Waals surface area contributed by atoms with Gasteiger partial charge in [-0.15, -0.1) is 0 Å². The van der Waals surface area contributed by atoms with E-state index in [1.165, 1.54) is 42.7 Å². The Balaban J connectivity index is 1.28. The monoisotopic (exact) mass is 450 g/mol. The third-order valence-electron chi connectivity index (χ3n) is 6.78. The lowest BCUT2D eigenvalue weighted by Gasteiger charge is -2.32. The fraction of sp³-hybridized carbons (Fsp3) is 0.480. The molecule has 0 unspecified atom stereocenters. The molecule has 1 aliphatic carbocycles. The lowest BCUT2D eigenvalue weighted by molar-refractivity contribution is -0.127. The van der Waals surface area contributed by atoms with E-state index in [4.69, 9.17) is 0 Å². The molecule has 8 heteroatoms. The summed E-state index contributed by atoms with van der Waals surface area (Å²) in [6.45, 7) is 6.89. The van der Waals surface area contributed by atoms with Crippen LogP contribution in [-0.2, 0) is 17.8 Å². The average Bonchev–Trinajstić information content (AvgIpc) is 3.67. The fourth-order valence-corrected chi connectivity index (χ4v) is 4.89. The molecule has 5 rings (SSSR count). The van der Waals surface area contributed by atoms with E-state index in [0.29, 0.717) is 19.0 Å². The molecule has 0 spiro atoms. The summed E-state index contributed by atoms with van der Waals surface area (Å²) in [6, 6.07) is 7.09. The van der Waals surface area contributed by atoms with Gasteiger partial charge in [0.05, 0.1) is 6.20 Å². The number of nitrogens with zero attached hydrogens (tertiary/aromatic N) is 4. The van der Waals surface area contributed by atoms with Gasteiger partial charge in [-0.05, 0) is 74.4 Å². The molecule has 1 aromatic heterocycles. The van der Waals surface area contributed by atoms with Crippen LogP contribution in [0.2, 0.25) is 0 Å². The molecule has 2 aliphatic heterocycles. The molecule has 1 amide bonds. The minimum Gasteiger partial charge on any atom is -0.363 e. The van der Waals surface area contributed by atoms with Crippen LogP contribution in [0.25, 0.3) is 0 Å². The zero-order valence-corrected chi connectivity index (χ0v) is 18.9. The van der Waals surface area contributed by atoms with E-state index >= 15 is 0 Å². The van der Waals surface area contributed by atoms with E-state index in [9.17, 15) is 9.18 Å². The number of carbonyl (C=O) groups excluding carboxylic acids is 1. The van der Waals surface area contributed by atoms with Crippen LogP contribution in [0, 0.1) is 5.82 Å². The molecular weight excluding hydrogens is 419 g/mol. The number of nitrogens with one attached hydrogen (secondary N) is 2. The van der Waals surface area contributed by atoms with E-state index in [1.54, 1.807) is 4.90 Å². The highest BCUT2D eigenvalue weighted by molar-refractivity contribution is 5.87. The van der Waals surface area contributed by atoms with Crippen molar-refractivity contribution in [2.24, 2.45) is 0 Å². The maximum Gasteiger partial charge on any atom is 0.246 e. The quantitative estimate of drug-likeness (QED) is 0.651. The Morgan fingerprint density at radius 3 is 2.88 bits per heavy atom. The molecule has 0 radical (unpaired) electrons. The zero-order chi connectivity index (χ0) is 22.8. The number of aryl methyl sites for hydroxylation is 1. The molecule has 1 saturated carbocycles. The van der Waals surface area contributed by atoms with Gasteiger partial charge < -0.3 is 15.5 Å². The summed E-state index contributed by atoms with van der Waals surface area (Å²) in [4.78, 5) is 24.8. The number of benzene rings is 1. The van der Waals surface area contributed by atoms with Crippen LogP contribution >= 0.6 is 0 Å². The normalized spacial score (nSPS) is 21.1. The Morgan fingerprint density at radius 1 is 1.18 bits per heavy atom. The van der Waals surface area contributed by atoms with Crippen LogP contribution in [0.5, 0.6) is 0 Å². The molecule has 3 heterocycles. The van der Waals surface area contributed by atoms with Crippen LogP contribution in [0.15, 0.2) is 37.1 Å².